The Kier molecular flexibility index (Phi) is 7.24. The van der Waals surface area contributed by atoms with Crippen molar-refractivity contribution in [2.24, 2.45) is 0 Å². The lowest BCUT2D eigenvalue weighted by Gasteiger charge is -2.07. The van der Waals surface area contributed by atoms with Gasteiger partial charge < -0.3 is 0 Å². The van der Waals surface area contributed by atoms with Gasteiger partial charge in [0.2, 0.25) is 5.82 Å². The molecule has 1 N–H and O–H groups in total. The number of hydrogen-bond donors (Lipinski definition) is 1. The van der Waals surface area contributed by atoms with E-state index in [1.807, 2.05) is 37.3 Å². The average Bonchev–Trinajstić information content (AvgIpc) is 3.48. The molecule has 8 heteroatoms. The van der Waals surface area contributed by atoms with Crippen molar-refractivity contribution in [1.82, 2.24) is 35.0 Å². The normalized spacial score (nSPS) is 11.5. The second-order valence-corrected chi connectivity index (χ2v) is 8.00. The number of unbranched alkanes of at least 4 members (excludes halogenated alkanes) is 2. The number of nitrogens with one attached hydrogen (secondary N) is 1. The number of aromatic amines is 1. The van der Waals surface area contributed by atoms with E-state index < -0.39 is 0 Å². The molecule has 33 heavy (non-hydrogen) atoms. The van der Waals surface area contributed by atoms with Gasteiger partial charge in [-0.3, -0.25) is 4.57 Å². The molecule has 2 heterocycles. The van der Waals surface area contributed by atoms with Crippen molar-refractivity contribution in [1.29, 1.82) is 0 Å². The highest BCUT2D eigenvalue weighted by atomic mass is 16.2. The summed E-state index contributed by atoms with van der Waals surface area (Å²) in [6.07, 6.45) is 7.85. The van der Waals surface area contributed by atoms with Gasteiger partial charge in [-0.2, -0.15) is 10.3 Å². The molecule has 0 amide bonds. The molecule has 4 rings (SSSR count). The van der Waals surface area contributed by atoms with Gasteiger partial charge in [-0.05, 0) is 41.3 Å². The molecule has 0 aliphatic rings. The second-order valence-electron chi connectivity index (χ2n) is 8.00. The van der Waals surface area contributed by atoms with E-state index in [0.717, 1.165) is 47.3 Å². The zero-order valence-corrected chi connectivity index (χ0v) is 19.1. The first-order valence-corrected chi connectivity index (χ1v) is 11.4. The lowest BCUT2D eigenvalue weighted by atomic mass is 10.0. The van der Waals surface area contributed by atoms with Crippen LogP contribution in [0.1, 0.15) is 44.5 Å². The first kappa shape index (κ1) is 22.4. The summed E-state index contributed by atoms with van der Waals surface area (Å²) in [7, 11) is 0. The van der Waals surface area contributed by atoms with E-state index in [0.29, 0.717) is 25.3 Å². The maximum Gasteiger partial charge on any atom is 0.346 e. The third kappa shape index (κ3) is 5.34. The van der Waals surface area contributed by atoms with Crippen LogP contribution in [-0.4, -0.2) is 35.0 Å². The fraction of sp³-hybridized carbons (Fsp3) is 0.320. The summed E-state index contributed by atoms with van der Waals surface area (Å²) in [5.74, 6) is 1.36. The number of aryl methyl sites for hydroxylation is 1. The van der Waals surface area contributed by atoms with Crippen LogP contribution in [0.2, 0.25) is 0 Å². The number of tetrazole rings is 1. The first-order valence-electron chi connectivity index (χ1n) is 11.4. The van der Waals surface area contributed by atoms with E-state index in [1.54, 1.807) is 9.25 Å². The zero-order valence-electron chi connectivity index (χ0n) is 19.1. The zero-order chi connectivity index (χ0) is 23.0. The van der Waals surface area contributed by atoms with Crippen LogP contribution in [0.15, 0.2) is 65.5 Å². The van der Waals surface area contributed by atoms with E-state index in [4.69, 9.17) is 0 Å². The largest absolute Gasteiger partial charge is 0.346 e. The number of allylic oxidation sites excluding steroid dienone is 2. The quantitative estimate of drug-likeness (QED) is 0.292. The molecular weight excluding hydrogens is 414 g/mol. The highest BCUT2D eigenvalue weighted by molar-refractivity contribution is 5.70. The summed E-state index contributed by atoms with van der Waals surface area (Å²) in [6.45, 7) is 5.30. The summed E-state index contributed by atoms with van der Waals surface area (Å²) >= 11 is 0. The van der Waals surface area contributed by atoms with E-state index >= 15 is 0 Å². The van der Waals surface area contributed by atoms with Gasteiger partial charge in [-0.25, -0.2) is 9.48 Å². The highest BCUT2D eigenvalue weighted by Gasteiger charge is 2.13. The fourth-order valence-corrected chi connectivity index (χ4v) is 3.78. The van der Waals surface area contributed by atoms with Crippen LogP contribution in [0.4, 0.5) is 0 Å². The van der Waals surface area contributed by atoms with E-state index in [9.17, 15) is 4.79 Å². The molecule has 170 valence electrons. The lowest BCUT2D eigenvalue weighted by molar-refractivity contribution is 0.530. The van der Waals surface area contributed by atoms with Gasteiger partial charge in [0.25, 0.3) is 0 Å². The molecule has 2 aromatic carbocycles. The van der Waals surface area contributed by atoms with Gasteiger partial charge in [0.1, 0.15) is 5.82 Å². The summed E-state index contributed by atoms with van der Waals surface area (Å²) < 4.78 is 3.41. The Bertz CT molecular complexity index is 1250. The van der Waals surface area contributed by atoms with Crippen molar-refractivity contribution in [2.75, 3.05) is 0 Å². The van der Waals surface area contributed by atoms with Gasteiger partial charge in [-0.1, -0.05) is 74.4 Å². The molecule has 0 unspecified atom stereocenters. The van der Waals surface area contributed by atoms with E-state index in [2.05, 4.69) is 63.0 Å². The van der Waals surface area contributed by atoms with Gasteiger partial charge >= 0.3 is 5.69 Å². The molecular formula is C25H29N7O. The Morgan fingerprint density at radius 3 is 2.58 bits per heavy atom. The maximum atomic E-state index is 13.0. The van der Waals surface area contributed by atoms with E-state index in [1.165, 1.54) is 0 Å². The Labute approximate surface area is 193 Å². The van der Waals surface area contributed by atoms with E-state index in [-0.39, 0.29) is 5.69 Å². The molecule has 2 aromatic heterocycles. The molecule has 8 nitrogen and oxygen atoms in total. The fourth-order valence-electron chi connectivity index (χ4n) is 3.78. The van der Waals surface area contributed by atoms with Crippen molar-refractivity contribution >= 4 is 0 Å². The van der Waals surface area contributed by atoms with Gasteiger partial charge in [0.15, 0.2) is 0 Å². The molecule has 4 aromatic rings. The molecule has 0 bridgehead atoms. The smallest absolute Gasteiger partial charge is 0.274 e. The molecule has 0 radical (unpaired) electrons. The lowest BCUT2D eigenvalue weighted by Crippen LogP contribution is -2.26. The maximum absolute atomic E-state index is 13.0. The number of H-pyrrole nitrogens is 1. The summed E-state index contributed by atoms with van der Waals surface area (Å²) in [4.78, 5) is 13.0. The second kappa shape index (κ2) is 10.7. The topological polar surface area (TPSA) is 94.3 Å². The van der Waals surface area contributed by atoms with Crippen LogP contribution in [-0.2, 0) is 19.5 Å². The third-order valence-electron chi connectivity index (χ3n) is 5.60. The summed E-state index contributed by atoms with van der Waals surface area (Å²) in [5, 5.41) is 18.8. The number of aromatic nitrogens is 7. The van der Waals surface area contributed by atoms with Crippen LogP contribution < -0.4 is 5.69 Å². The minimum Gasteiger partial charge on any atom is -0.274 e. The Morgan fingerprint density at radius 2 is 1.85 bits per heavy atom. The molecule has 0 fully saturated rings. The van der Waals surface area contributed by atoms with Crippen molar-refractivity contribution in [3.05, 3.63) is 82.6 Å². The molecule has 0 saturated carbocycles. The van der Waals surface area contributed by atoms with Gasteiger partial charge in [0.05, 0.1) is 6.54 Å². The van der Waals surface area contributed by atoms with Crippen LogP contribution in [0.3, 0.4) is 0 Å². The van der Waals surface area contributed by atoms with Crippen molar-refractivity contribution in [3.8, 4) is 22.5 Å². The molecule has 0 saturated heterocycles. The van der Waals surface area contributed by atoms with Crippen LogP contribution in [0, 0.1) is 0 Å². The molecule has 0 spiro atoms. The highest BCUT2D eigenvalue weighted by Crippen LogP contribution is 2.24. The third-order valence-corrected chi connectivity index (χ3v) is 5.60. The van der Waals surface area contributed by atoms with Crippen LogP contribution in [0.5, 0.6) is 0 Å². The van der Waals surface area contributed by atoms with Crippen molar-refractivity contribution in [2.45, 2.75) is 52.6 Å². The van der Waals surface area contributed by atoms with Crippen molar-refractivity contribution < 1.29 is 0 Å². The predicted molar refractivity (Wildman–Crippen MR) is 129 cm³/mol. The number of hydrogen-bond acceptors (Lipinski definition) is 5. The summed E-state index contributed by atoms with van der Waals surface area (Å²) in [6, 6.07) is 16.3. The number of nitrogens with zero attached hydrogens (tertiary/aromatic N) is 6. The summed E-state index contributed by atoms with van der Waals surface area (Å²) in [5.41, 5.74) is 4.08. The van der Waals surface area contributed by atoms with Crippen LogP contribution >= 0.6 is 0 Å². The Morgan fingerprint density at radius 1 is 1.03 bits per heavy atom. The Balaban J connectivity index is 1.55. The first-order chi connectivity index (χ1) is 16.2. The average molecular weight is 444 g/mol. The minimum absolute atomic E-state index is 0.0394. The molecule has 0 aliphatic carbocycles. The van der Waals surface area contributed by atoms with Gasteiger partial charge in [0, 0.05) is 18.5 Å². The SMILES string of the molecule is CC=CCc1nn(CCCCC)c(=O)n1Cc1ccc(-c2cccc(-c3nn[nH]n3)c2)cc1. The molecule has 0 atom stereocenters. The van der Waals surface area contributed by atoms with Gasteiger partial charge in [-0.15, -0.1) is 10.2 Å². The Hall–Kier alpha value is -3.81. The predicted octanol–water partition coefficient (Wildman–Crippen LogP) is 4.25. The monoisotopic (exact) mass is 443 g/mol. The molecule has 0 aliphatic heterocycles. The minimum atomic E-state index is -0.0394. The standard InChI is InChI=1S/C25H29N7O/c1-3-5-7-16-32-25(33)31(23(28-32)11-6-4-2)18-19-12-14-20(15-13-19)21-9-8-10-22(17-21)24-26-29-30-27-24/h4,6,8-10,12-15,17H,3,5,7,11,16,18H2,1-2H3,(H,26,27,29,30). The number of rotatable bonds is 10. The van der Waals surface area contributed by atoms with Crippen molar-refractivity contribution in [3.63, 3.8) is 0 Å². The number of benzene rings is 2. The van der Waals surface area contributed by atoms with Crippen LogP contribution in [0.25, 0.3) is 22.5 Å².